The Morgan fingerprint density at radius 1 is 1.20 bits per heavy atom. The molecule has 0 aliphatic carbocycles. The Kier molecular flexibility index (Phi) is 5.84. The number of rotatable bonds is 7. The Hall–Kier alpha value is -1.26. The summed E-state index contributed by atoms with van der Waals surface area (Å²) < 4.78 is 10.7. The van der Waals surface area contributed by atoms with Crippen LogP contribution in [0, 0.1) is 0 Å². The van der Waals surface area contributed by atoms with Crippen LogP contribution in [0.15, 0.2) is 18.2 Å². The lowest BCUT2D eigenvalue weighted by atomic mass is 10.0. The van der Waals surface area contributed by atoms with Gasteiger partial charge in [0.05, 0.1) is 14.2 Å². The van der Waals surface area contributed by atoms with E-state index < -0.39 is 0 Å². The van der Waals surface area contributed by atoms with Gasteiger partial charge in [-0.1, -0.05) is 6.07 Å². The zero-order valence-electron chi connectivity index (χ0n) is 13.8. The lowest BCUT2D eigenvalue weighted by Gasteiger charge is -2.34. The van der Waals surface area contributed by atoms with E-state index in [2.05, 4.69) is 51.1 Å². The lowest BCUT2D eigenvalue weighted by Crippen LogP contribution is -2.47. The number of nitrogens with zero attached hydrogens (tertiary/aromatic N) is 1. The van der Waals surface area contributed by atoms with Crippen molar-refractivity contribution in [2.45, 2.75) is 32.4 Å². The molecule has 0 bridgehead atoms. The highest BCUT2D eigenvalue weighted by molar-refractivity contribution is 5.42. The largest absolute Gasteiger partial charge is 0.497 e. The van der Waals surface area contributed by atoms with E-state index in [0.29, 0.717) is 0 Å². The third kappa shape index (κ3) is 4.12. The highest BCUT2D eigenvalue weighted by Crippen LogP contribution is 2.29. The second-order valence-electron chi connectivity index (χ2n) is 5.92. The molecular weight excluding hydrogens is 252 g/mol. The third-order valence-electron chi connectivity index (χ3n) is 3.96. The van der Waals surface area contributed by atoms with Gasteiger partial charge in [-0.25, -0.2) is 0 Å². The maximum Gasteiger partial charge on any atom is 0.127 e. The van der Waals surface area contributed by atoms with Crippen molar-refractivity contribution in [2.75, 3.05) is 34.9 Å². The summed E-state index contributed by atoms with van der Waals surface area (Å²) in [6.45, 7) is 7.49. The normalized spacial score (nSPS) is 13.4. The summed E-state index contributed by atoms with van der Waals surface area (Å²) in [5.74, 6) is 1.67. The van der Waals surface area contributed by atoms with Crippen molar-refractivity contribution in [3.05, 3.63) is 23.8 Å². The lowest BCUT2D eigenvalue weighted by molar-refractivity contribution is 0.185. The summed E-state index contributed by atoms with van der Waals surface area (Å²) >= 11 is 0. The molecule has 4 heteroatoms. The van der Waals surface area contributed by atoms with Gasteiger partial charge in [0.1, 0.15) is 11.5 Å². The Labute approximate surface area is 123 Å². The predicted molar refractivity (Wildman–Crippen MR) is 83.7 cm³/mol. The molecule has 1 unspecified atom stereocenters. The maximum absolute atomic E-state index is 5.46. The monoisotopic (exact) mass is 280 g/mol. The molecule has 0 radical (unpaired) electrons. The number of hydrogen-bond acceptors (Lipinski definition) is 4. The second kappa shape index (κ2) is 6.95. The van der Waals surface area contributed by atoms with Gasteiger partial charge in [-0.2, -0.15) is 0 Å². The van der Waals surface area contributed by atoms with Crippen molar-refractivity contribution >= 4 is 0 Å². The fourth-order valence-corrected chi connectivity index (χ4v) is 1.85. The Bertz CT molecular complexity index is 430. The summed E-state index contributed by atoms with van der Waals surface area (Å²) in [6, 6.07) is 6.16. The van der Waals surface area contributed by atoms with E-state index in [1.165, 1.54) is 0 Å². The highest BCUT2D eigenvalue weighted by atomic mass is 16.5. The number of benzene rings is 1. The fraction of sp³-hybridized carbons (Fsp3) is 0.625. The van der Waals surface area contributed by atoms with Crippen molar-refractivity contribution in [3.8, 4) is 11.5 Å². The first-order chi connectivity index (χ1) is 9.31. The van der Waals surface area contributed by atoms with Crippen molar-refractivity contribution in [1.82, 2.24) is 10.2 Å². The summed E-state index contributed by atoms with van der Waals surface area (Å²) in [4.78, 5) is 2.22. The summed E-state index contributed by atoms with van der Waals surface area (Å²) in [7, 11) is 7.55. The van der Waals surface area contributed by atoms with Gasteiger partial charge < -0.3 is 19.7 Å². The van der Waals surface area contributed by atoms with Gasteiger partial charge in [-0.05, 0) is 40.9 Å². The van der Waals surface area contributed by atoms with E-state index in [1.807, 2.05) is 12.1 Å². The molecule has 0 spiro atoms. The fourth-order valence-electron chi connectivity index (χ4n) is 1.85. The molecule has 20 heavy (non-hydrogen) atoms. The van der Waals surface area contributed by atoms with Gasteiger partial charge in [-0.3, -0.25) is 0 Å². The summed E-state index contributed by atoms with van der Waals surface area (Å²) in [5.41, 5.74) is 1.25. The number of methoxy groups -OCH3 is 2. The summed E-state index contributed by atoms with van der Waals surface area (Å²) in [5, 5.41) is 3.57. The van der Waals surface area contributed by atoms with Crippen LogP contribution >= 0.6 is 0 Å². The number of nitrogens with one attached hydrogen (secondary N) is 1. The molecule has 0 saturated carbocycles. The highest BCUT2D eigenvalue weighted by Gasteiger charge is 2.22. The van der Waals surface area contributed by atoms with Crippen molar-refractivity contribution < 1.29 is 9.47 Å². The van der Waals surface area contributed by atoms with Crippen LogP contribution in [0.25, 0.3) is 0 Å². The van der Waals surface area contributed by atoms with Crippen LogP contribution in [0.4, 0.5) is 0 Å². The van der Waals surface area contributed by atoms with Crippen LogP contribution in [-0.2, 0) is 0 Å². The molecule has 0 aliphatic rings. The first-order valence-electron chi connectivity index (χ1n) is 6.94. The predicted octanol–water partition coefficient (Wildman–Crippen LogP) is 2.69. The molecule has 0 saturated heterocycles. The van der Waals surface area contributed by atoms with Gasteiger partial charge >= 0.3 is 0 Å². The third-order valence-corrected chi connectivity index (χ3v) is 3.96. The number of hydrogen-bond donors (Lipinski definition) is 1. The van der Waals surface area contributed by atoms with Crippen LogP contribution in [0.2, 0.25) is 0 Å². The van der Waals surface area contributed by atoms with E-state index in [9.17, 15) is 0 Å². The minimum atomic E-state index is 0.105. The molecule has 1 rings (SSSR count). The van der Waals surface area contributed by atoms with Crippen molar-refractivity contribution in [3.63, 3.8) is 0 Å². The van der Waals surface area contributed by atoms with Crippen molar-refractivity contribution in [2.24, 2.45) is 0 Å². The molecule has 0 aromatic heterocycles. The summed E-state index contributed by atoms with van der Waals surface area (Å²) in [6.07, 6.45) is 0. The van der Waals surface area contributed by atoms with E-state index in [-0.39, 0.29) is 11.6 Å². The minimum absolute atomic E-state index is 0.105. The molecule has 1 aromatic rings. The average molecular weight is 280 g/mol. The van der Waals surface area contributed by atoms with Gasteiger partial charge in [0.2, 0.25) is 0 Å². The van der Waals surface area contributed by atoms with Crippen LogP contribution in [0.3, 0.4) is 0 Å². The van der Waals surface area contributed by atoms with Crippen molar-refractivity contribution in [1.29, 1.82) is 0 Å². The van der Waals surface area contributed by atoms with E-state index in [0.717, 1.165) is 23.6 Å². The first-order valence-corrected chi connectivity index (χ1v) is 6.94. The van der Waals surface area contributed by atoms with Gasteiger partial charge in [0.15, 0.2) is 0 Å². The molecule has 0 fully saturated rings. The molecule has 1 N–H and O–H groups in total. The zero-order valence-corrected chi connectivity index (χ0v) is 13.8. The van der Waals surface area contributed by atoms with E-state index in [4.69, 9.17) is 9.47 Å². The van der Waals surface area contributed by atoms with Crippen LogP contribution in [0.1, 0.15) is 32.4 Å². The Morgan fingerprint density at radius 2 is 1.85 bits per heavy atom. The molecule has 4 nitrogen and oxygen atoms in total. The van der Waals surface area contributed by atoms with Gasteiger partial charge in [0.25, 0.3) is 0 Å². The maximum atomic E-state index is 5.46. The minimum Gasteiger partial charge on any atom is -0.497 e. The molecule has 0 aliphatic heterocycles. The van der Waals surface area contributed by atoms with Gasteiger partial charge in [0, 0.05) is 29.8 Å². The van der Waals surface area contributed by atoms with Gasteiger partial charge in [-0.15, -0.1) is 0 Å². The van der Waals surface area contributed by atoms with Crippen LogP contribution in [-0.4, -0.2) is 45.3 Å². The first kappa shape index (κ1) is 16.8. The molecule has 1 aromatic carbocycles. The topological polar surface area (TPSA) is 33.7 Å². The zero-order chi connectivity index (χ0) is 15.3. The van der Waals surface area contributed by atoms with E-state index >= 15 is 0 Å². The molecule has 114 valence electrons. The standard InChI is InChI=1S/C16H28N2O2/c1-12(17-11-16(2,3)18(4)5)14-9-8-13(19-6)10-15(14)20-7/h8-10,12,17H,11H2,1-7H3. The molecular formula is C16H28N2O2. The second-order valence-corrected chi connectivity index (χ2v) is 5.92. The Balaban J connectivity index is 2.79. The Morgan fingerprint density at radius 3 is 2.35 bits per heavy atom. The number of ether oxygens (including phenoxy) is 2. The SMILES string of the molecule is COc1ccc(C(C)NCC(C)(C)N(C)C)c(OC)c1. The number of likely N-dealkylation sites (N-methyl/N-ethyl adjacent to an activating group) is 1. The average Bonchev–Trinajstić information content (AvgIpc) is 2.43. The molecule has 0 amide bonds. The molecule has 1 atom stereocenters. The molecule has 0 heterocycles. The van der Waals surface area contributed by atoms with E-state index in [1.54, 1.807) is 14.2 Å². The smallest absolute Gasteiger partial charge is 0.127 e. The quantitative estimate of drug-likeness (QED) is 0.832. The van der Waals surface area contributed by atoms with Crippen LogP contribution < -0.4 is 14.8 Å². The van der Waals surface area contributed by atoms with Crippen LogP contribution in [0.5, 0.6) is 11.5 Å².